The van der Waals surface area contributed by atoms with Crippen LogP contribution in [0.2, 0.25) is 0 Å². The number of aromatic nitrogens is 1. The first-order chi connectivity index (χ1) is 9.10. The number of aryl methyl sites for hydroxylation is 2. The molecular formula is C15H17BrN2O. The fraction of sp³-hybridized carbons (Fsp3) is 0.267. The van der Waals surface area contributed by atoms with Gasteiger partial charge in [0.05, 0.1) is 5.69 Å². The highest BCUT2D eigenvalue weighted by atomic mass is 79.9. The number of benzene rings is 1. The smallest absolute Gasteiger partial charge is 0.130 e. The van der Waals surface area contributed by atoms with Crippen LogP contribution in [0.4, 0.5) is 5.82 Å². The Hall–Kier alpha value is -1.55. The van der Waals surface area contributed by atoms with E-state index in [2.05, 4.69) is 40.1 Å². The molecule has 0 spiro atoms. The molecule has 0 amide bonds. The molecule has 4 heteroatoms. The molecule has 0 aliphatic heterocycles. The maximum atomic E-state index is 5.80. The van der Waals surface area contributed by atoms with Crippen molar-refractivity contribution in [3.8, 4) is 5.75 Å². The molecule has 0 atom stereocenters. The van der Waals surface area contributed by atoms with Crippen LogP contribution in [0.5, 0.6) is 5.75 Å². The number of anilines is 1. The molecule has 0 fully saturated rings. The highest BCUT2D eigenvalue weighted by Gasteiger charge is 2.04. The van der Waals surface area contributed by atoms with E-state index in [1.807, 2.05) is 37.4 Å². The third-order valence-electron chi connectivity index (χ3n) is 2.86. The minimum atomic E-state index is 0.468. The van der Waals surface area contributed by atoms with Gasteiger partial charge in [-0.25, -0.2) is 4.98 Å². The van der Waals surface area contributed by atoms with Gasteiger partial charge in [-0.2, -0.15) is 0 Å². The number of ether oxygens (including phenoxy) is 1. The van der Waals surface area contributed by atoms with Gasteiger partial charge in [-0.3, -0.25) is 0 Å². The predicted molar refractivity (Wildman–Crippen MR) is 81.7 cm³/mol. The van der Waals surface area contributed by atoms with E-state index in [1.165, 1.54) is 11.1 Å². The van der Waals surface area contributed by atoms with Crippen molar-refractivity contribution < 1.29 is 4.74 Å². The lowest BCUT2D eigenvalue weighted by Gasteiger charge is -2.10. The van der Waals surface area contributed by atoms with Gasteiger partial charge in [0.15, 0.2) is 0 Å². The van der Waals surface area contributed by atoms with Crippen LogP contribution < -0.4 is 10.1 Å². The number of hydrogen-bond donors (Lipinski definition) is 1. The summed E-state index contributed by atoms with van der Waals surface area (Å²) in [6.45, 7) is 4.59. The Balaban J connectivity index is 2.10. The van der Waals surface area contributed by atoms with Crippen LogP contribution in [0, 0.1) is 13.8 Å². The maximum absolute atomic E-state index is 5.80. The normalized spacial score (nSPS) is 10.3. The summed E-state index contributed by atoms with van der Waals surface area (Å²) in [6.07, 6.45) is 0. The molecule has 100 valence electrons. The molecule has 2 aromatic rings. The number of nitrogens with zero attached hydrogens (tertiary/aromatic N) is 1. The van der Waals surface area contributed by atoms with Crippen molar-refractivity contribution in [2.24, 2.45) is 0 Å². The zero-order valence-corrected chi connectivity index (χ0v) is 12.9. The Morgan fingerprint density at radius 1 is 1.21 bits per heavy atom. The van der Waals surface area contributed by atoms with Crippen LogP contribution in [0.25, 0.3) is 0 Å². The Morgan fingerprint density at radius 2 is 1.89 bits per heavy atom. The molecular weight excluding hydrogens is 304 g/mol. The molecule has 0 aliphatic rings. The zero-order chi connectivity index (χ0) is 13.8. The molecule has 0 saturated heterocycles. The number of nitrogens with one attached hydrogen (secondary N) is 1. The molecule has 1 aromatic heterocycles. The standard InChI is InChI=1S/C15H17BrN2O/c1-10-7-13(8-11(2)15(10)16)19-9-12-5-4-6-14(17-3)18-12/h4-8H,9H2,1-3H3,(H,17,18). The number of rotatable bonds is 4. The number of pyridine rings is 1. The van der Waals surface area contributed by atoms with Gasteiger partial charge in [0.25, 0.3) is 0 Å². The van der Waals surface area contributed by atoms with Crippen molar-refractivity contribution in [2.75, 3.05) is 12.4 Å². The van der Waals surface area contributed by atoms with Crippen LogP contribution in [0.1, 0.15) is 16.8 Å². The molecule has 1 heterocycles. The summed E-state index contributed by atoms with van der Waals surface area (Å²) in [7, 11) is 1.86. The van der Waals surface area contributed by atoms with Crippen LogP contribution in [-0.2, 0) is 6.61 Å². The topological polar surface area (TPSA) is 34.1 Å². The lowest BCUT2D eigenvalue weighted by molar-refractivity contribution is 0.301. The van der Waals surface area contributed by atoms with Gasteiger partial charge in [0.1, 0.15) is 18.2 Å². The van der Waals surface area contributed by atoms with Gasteiger partial charge in [-0.1, -0.05) is 22.0 Å². The Morgan fingerprint density at radius 3 is 2.53 bits per heavy atom. The molecule has 0 aliphatic carbocycles. The van der Waals surface area contributed by atoms with Gasteiger partial charge in [0, 0.05) is 11.5 Å². The molecule has 0 radical (unpaired) electrons. The largest absolute Gasteiger partial charge is 0.487 e. The van der Waals surface area contributed by atoms with E-state index in [4.69, 9.17) is 4.74 Å². The lowest BCUT2D eigenvalue weighted by atomic mass is 10.1. The number of hydrogen-bond acceptors (Lipinski definition) is 3. The summed E-state index contributed by atoms with van der Waals surface area (Å²) in [5.41, 5.74) is 3.25. The third kappa shape index (κ3) is 3.47. The van der Waals surface area contributed by atoms with E-state index >= 15 is 0 Å². The fourth-order valence-electron chi connectivity index (χ4n) is 1.85. The van der Waals surface area contributed by atoms with E-state index in [1.54, 1.807) is 0 Å². The molecule has 1 aromatic carbocycles. The van der Waals surface area contributed by atoms with E-state index in [9.17, 15) is 0 Å². The lowest BCUT2D eigenvalue weighted by Crippen LogP contribution is -2.01. The third-order valence-corrected chi connectivity index (χ3v) is 4.11. The van der Waals surface area contributed by atoms with Crippen LogP contribution in [0.3, 0.4) is 0 Å². The molecule has 1 N–H and O–H groups in total. The summed E-state index contributed by atoms with van der Waals surface area (Å²) in [5.74, 6) is 1.72. The Labute approximate surface area is 122 Å². The zero-order valence-electron chi connectivity index (χ0n) is 11.3. The summed E-state index contributed by atoms with van der Waals surface area (Å²) in [4.78, 5) is 4.42. The van der Waals surface area contributed by atoms with Gasteiger partial charge in [0.2, 0.25) is 0 Å². The highest BCUT2D eigenvalue weighted by Crippen LogP contribution is 2.26. The van der Waals surface area contributed by atoms with E-state index < -0.39 is 0 Å². The minimum absolute atomic E-state index is 0.468. The van der Waals surface area contributed by atoms with Crippen molar-refractivity contribution in [1.82, 2.24) is 4.98 Å². The first kappa shape index (κ1) is 13.9. The second-order valence-electron chi connectivity index (χ2n) is 4.42. The predicted octanol–water partition coefficient (Wildman–Crippen LogP) is 4.08. The van der Waals surface area contributed by atoms with Crippen molar-refractivity contribution in [3.63, 3.8) is 0 Å². The monoisotopic (exact) mass is 320 g/mol. The summed E-state index contributed by atoms with van der Waals surface area (Å²) in [6, 6.07) is 9.91. The first-order valence-electron chi connectivity index (χ1n) is 6.13. The highest BCUT2D eigenvalue weighted by molar-refractivity contribution is 9.10. The minimum Gasteiger partial charge on any atom is -0.487 e. The molecule has 0 saturated carbocycles. The van der Waals surface area contributed by atoms with Crippen molar-refractivity contribution in [2.45, 2.75) is 20.5 Å². The molecule has 19 heavy (non-hydrogen) atoms. The quantitative estimate of drug-likeness (QED) is 0.921. The van der Waals surface area contributed by atoms with Crippen LogP contribution in [-0.4, -0.2) is 12.0 Å². The van der Waals surface area contributed by atoms with Crippen LogP contribution in [0.15, 0.2) is 34.8 Å². The maximum Gasteiger partial charge on any atom is 0.130 e. The van der Waals surface area contributed by atoms with Gasteiger partial charge in [-0.15, -0.1) is 0 Å². The summed E-state index contributed by atoms with van der Waals surface area (Å²) in [5, 5.41) is 3.02. The SMILES string of the molecule is CNc1cccc(COc2cc(C)c(Br)c(C)c2)n1. The molecule has 3 nitrogen and oxygen atoms in total. The summed E-state index contributed by atoms with van der Waals surface area (Å²) < 4.78 is 6.93. The van der Waals surface area contributed by atoms with Gasteiger partial charge in [-0.05, 0) is 49.2 Å². The Bertz CT molecular complexity index is 561. The fourth-order valence-corrected chi connectivity index (χ4v) is 2.07. The van der Waals surface area contributed by atoms with E-state index in [0.717, 1.165) is 21.7 Å². The first-order valence-corrected chi connectivity index (χ1v) is 6.92. The average Bonchev–Trinajstić information content (AvgIpc) is 2.42. The molecule has 0 bridgehead atoms. The van der Waals surface area contributed by atoms with E-state index in [-0.39, 0.29) is 0 Å². The second-order valence-corrected chi connectivity index (χ2v) is 5.22. The van der Waals surface area contributed by atoms with E-state index in [0.29, 0.717) is 6.61 Å². The molecule has 0 unspecified atom stereocenters. The van der Waals surface area contributed by atoms with Crippen molar-refractivity contribution in [1.29, 1.82) is 0 Å². The number of halogens is 1. The summed E-state index contributed by atoms with van der Waals surface area (Å²) >= 11 is 3.55. The second kappa shape index (κ2) is 6.06. The van der Waals surface area contributed by atoms with Crippen molar-refractivity contribution in [3.05, 3.63) is 51.6 Å². The Kier molecular flexibility index (Phi) is 4.43. The van der Waals surface area contributed by atoms with Crippen molar-refractivity contribution >= 4 is 21.7 Å². The van der Waals surface area contributed by atoms with Gasteiger partial charge < -0.3 is 10.1 Å². The van der Waals surface area contributed by atoms with Gasteiger partial charge >= 0.3 is 0 Å². The average molecular weight is 321 g/mol. The van der Waals surface area contributed by atoms with Crippen LogP contribution >= 0.6 is 15.9 Å². The molecule has 2 rings (SSSR count).